The van der Waals surface area contributed by atoms with E-state index in [-0.39, 0.29) is 23.4 Å². The van der Waals surface area contributed by atoms with Crippen molar-refractivity contribution in [2.24, 2.45) is 0 Å². The molecule has 2 aromatic carbocycles. The molecule has 1 aromatic heterocycles. The number of methoxy groups -OCH3 is 2. The van der Waals surface area contributed by atoms with E-state index in [1.165, 1.54) is 55.7 Å². The van der Waals surface area contributed by atoms with Gasteiger partial charge in [0.2, 0.25) is 0 Å². The van der Waals surface area contributed by atoms with Crippen LogP contribution < -0.4 is 9.47 Å². The number of hydrogen-bond donors (Lipinski definition) is 1. The molecule has 10 nitrogen and oxygen atoms in total. The fraction of sp³-hybridized carbons (Fsp3) is 0.167. The van der Waals surface area contributed by atoms with Gasteiger partial charge in [-0.25, -0.2) is 0 Å². The first-order valence-electron chi connectivity index (χ1n) is 10.1. The van der Waals surface area contributed by atoms with Crippen molar-refractivity contribution in [1.29, 1.82) is 0 Å². The predicted molar refractivity (Wildman–Crippen MR) is 119 cm³/mol. The third kappa shape index (κ3) is 3.96. The molecule has 174 valence electrons. The second-order valence-corrected chi connectivity index (χ2v) is 7.43. The second-order valence-electron chi connectivity index (χ2n) is 7.43. The fourth-order valence-electron chi connectivity index (χ4n) is 3.91. The number of nitro groups is 1. The van der Waals surface area contributed by atoms with Crippen LogP contribution in [-0.4, -0.2) is 40.8 Å². The van der Waals surface area contributed by atoms with Crippen LogP contribution in [0, 0.1) is 10.1 Å². The van der Waals surface area contributed by atoms with E-state index in [9.17, 15) is 24.8 Å². The summed E-state index contributed by atoms with van der Waals surface area (Å²) in [4.78, 5) is 38.1. The molecule has 34 heavy (non-hydrogen) atoms. The number of aliphatic hydroxyl groups is 1. The summed E-state index contributed by atoms with van der Waals surface area (Å²) in [7, 11) is 2.88. The molecule has 1 fully saturated rings. The number of nitrogens with zero attached hydrogens (tertiary/aromatic N) is 2. The van der Waals surface area contributed by atoms with Gasteiger partial charge in [0, 0.05) is 17.7 Å². The maximum Gasteiger partial charge on any atom is 0.296 e. The molecule has 0 bridgehead atoms. The van der Waals surface area contributed by atoms with Crippen LogP contribution in [0.15, 0.2) is 70.9 Å². The van der Waals surface area contributed by atoms with Gasteiger partial charge in [0.25, 0.3) is 17.4 Å². The Morgan fingerprint density at radius 2 is 1.85 bits per heavy atom. The first-order valence-corrected chi connectivity index (χ1v) is 10.1. The second kappa shape index (κ2) is 9.10. The van der Waals surface area contributed by atoms with Crippen molar-refractivity contribution in [2.45, 2.75) is 12.6 Å². The van der Waals surface area contributed by atoms with Gasteiger partial charge >= 0.3 is 0 Å². The van der Waals surface area contributed by atoms with Gasteiger partial charge in [0.15, 0.2) is 11.5 Å². The Balaban J connectivity index is 1.90. The summed E-state index contributed by atoms with van der Waals surface area (Å²) >= 11 is 0. The molecule has 1 aliphatic rings. The Morgan fingerprint density at radius 3 is 2.50 bits per heavy atom. The van der Waals surface area contributed by atoms with Crippen LogP contribution in [0.25, 0.3) is 5.76 Å². The molecule has 1 aliphatic heterocycles. The summed E-state index contributed by atoms with van der Waals surface area (Å²) in [6.07, 6.45) is 1.43. The van der Waals surface area contributed by atoms with Crippen molar-refractivity contribution in [1.82, 2.24) is 4.90 Å². The molecule has 0 unspecified atom stereocenters. The molecule has 0 aliphatic carbocycles. The van der Waals surface area contributed by atoms with E-state index in [2.05, 4.69) is 0 Å². The summed E-state index contributed by atoms with van der Waals surface area (Å²) in [5.41, 5.74) is 0.0857. The molecule has 0 saturated carbocycles. The average Bonchev–Trinajstić information content (AvgIpc) is 3.45. The third-order valence-corrected chi connectivity index (χ3v) is 5.50. The summed E-state index contributed by atoms with van der Waals surface area (Å²) in [6.45, 7) is -0.0757. The lowest BCUT2D eigenvalue weighted by atomic mass is 9.95. The first-order chi connectivity index (χ1) is 16.3. The number of hydrogen-bond acceptors (Lipinski definition) is 8. The summed E-state index contributed by atoms with van der Waals surface area (Å²) in [6, 6.07) is 12.3. The SMILES string of the molecule is COc1ccc(C(O)=C2C(=O)C(=O)N(Cc3ccco3)[C@H]2c2cccc([N+](=O)[O-])c2)cc1OC. The number of benzene rings is 2. The number of non-ortho nitro benzene ring substituents is 1. The summed E-state index contributed by atoms with van der Waals surface area (Å²) < 4.78 is 15.8. The molecule has 1 saturated heterocycles. The number of amides is 1. The molecule has 1 N–H and O–H groups in total. The van der Waals surface area contributed by atoms with Gasteiger partial charge in [-0.1, -0.05) is 12.1 Å². The highest BCUT2D eigenvalue weighted by molar-refractivity contribution is 6.46. The summed E-state index contributed by atoms with van der Waals surface area (Å²) in [5.74, 6) is -1.11. The van der Waals surface area contributed by atoms with Gasteiger partial charge in [-0.05, 0) is 35.9 Å². The van der Waals surface area contributed by atoms with Crippen LogP contribution in [0.3, 0.4) is 0 Å². The lowest BCUT2D eigenvalue weighted by molar-refractivity contribution is -0.384. The van der Waals surface area contributed by atoms with E-state index in [0.29, 0.717) is 22.8 Å². The number of likely N-dealkylation sites (tertiary alicyclic amines) is 1. The van der Waals surface area contributed by atoms with Crippen molar-refractivity contribution >= 4 is 23.1 Å². The van der Waals surface area contributed by atoms with Gasteiger partial charge < -0.3 is 23.9 Å². The van der Waals surface area contributed by atoms with E-state index < -0.39 is 28.4 Å². The van der Waals surface area contributed by atoms with E-state index in [1.807, 2.05) is 0 Å². The number of rotatable bonds is 7. The Labute approximate surface area is 193 Å². The van der Waals surface area contributed by atoms with E-state index >= 15 is 0 Å². The highest BCUT2D eigenvalue weighted by Crippen LogP contribution is 2.42. The fourth-order valence-corrected chi connectivity index (χ4v) is 3.91. The Kier molecular flexibility index (Phi) is 6.05. The van der Waals surface area contributed by atoms with Gasteiger partial charge in [-0.2, -0.15) is 0 Å². The van der Waals surface area contributed by atoms with E-state index in [0.717, 1.165) is 0 Å². The highest BCUT2D eigenvalue weighted by Gasteiger charge is 2.46. The minimum absolute atomic E-state index is 0.0757. The Bertz CT molecular complexity index is 1300. The molecule has 0 radical (unpaired) electrons. The minimum Gasteiger partial charge on any atom is -0.507 e. The molecule has 10 heteroatoms. The minimum atomic E-state index is -1.09. The van der Waals surface area contributed by atoms with Crippen molar-refractivity contribution in [3.8, 4) is 11.5 Å². The van der Waals surface area contributed by atoms with Crippen molar-refractivity contribution in [2.75, 3.05) is 14.2 Å². The topological polar surface area (TPSA) is 132 Å². The zero-order valence-corrected chi connectivity index (χ0v) is 18.3. The molecule has 3 aromatic rings. The number of ether oxygens (including phenoxy) is 2. The number of ketones is 1. The number of aliphatic hydroxyl groups excluding tert-OH is 1. The molecule has 0 spiro atoms. The first kappa shape index (κ1) is 22.6. The zero-order valence-electron chi connectivity index (χ0n) is 18.3. The number of Topliss-reactive ketones (excluding diaryl/α,β-unsaturated/α-hetero) is 1. The maximum absolute atomic E-state index is 13.1. The van der Waals surface area contributed by atoms with Crippen LogP contribution in [0.5, 0.6) is 11.5 Å². The third-order valence-electron chi connectivity index (χ3n) is 5.50. The predicted octanol–water partition coefficient (Wildman–Crippen LogP) is 3.83. The number of carbonyl (C=O) groups excluding carboxylic acids is 2. The van der Waals surface area contributed by atoms with E-state index in [1.54, 1.807) is 24.3 Å². The Hall–Kier alpha value is -4.60. The number of furan rings is 1. The molecule has 2 heterocycles. The maximum atomic E-state index is 13.1. The van der Waals surface area contributed by atoms with Crippen molar-refractivity contribution in [3.63, 3.8) is 0 Å². The van der Waals surface area contributed by atoms with Crippen LogP contribution in [0.2, 0.25) is 0 Å². The Morgan fingerprint density at radius 1 is 1.09 bits per heavy atom. The molecular weight excluding hydrogens is 444 g/mol. The molecular formula is C24H20N2O8. The molecule has 1 amide bonds. The van der Waals surface area contributed by atoms with Crippen LogP contribution in [-0.2, 0) is 16.1 Å². The monoisotopic (exact) mass is 464 g/mol. The normalized spacial score (nSPS) is 17.1. The largest absolute Gasteiger partial charge is 0.507 e. The standard InChI is InChI=1S/C24H20N2O8/c1-32-18-9-8-15(12-19(18)33-2)22(27)20-21(14-5-3-6-16(11-14)26(30)31)25(24(29)23(20)28)13-17-7-4-10-34-17/h3-12,21,27H,13H2,1-2H3/t21-/m0/s1. The van der Waals surface area contributed by atoms with Gasteiger partial charge in [0.1, 0.15) is 11.5 Å². The van der Waals surface area contributed by atoms with Crippen molar-refractivity contribution < 1.29 is 33.5 Å². The molecule has 4 rings (SSSR count). The molecule has 1 atom stereocenters. The van der Waals surface area contributed by atoms with Crippen molar-refractivity contribution in [3.05, 3.63) is 93.4 Å². The highest BCUT2D eigenvalue weighted by atomic mass is 16.6. The number of carbonyl (C=O) groups is 2. The van der Waals surface area contributed by atoms with E-state index in [4.69, 9.17) is 13.9 Å². The average molecular weight is 464 g/mol. The van der Waals surface area contributed by atoms with Gasteiger partial charge in [-0.3, -0.25) is 19.7 Å². The van der Waals surface area contributed by atoms with Crippen LogP contribution in [0.1, 0.15) is 22.9 Å². The zero-order chi connectivity index (χ0) is 24.4. The van der Waals surface area contributed by atoms with Crippen LogP contribution in [0.4, 0.5) is 5.69 Å². The lowest BCUT2D eigenvalue weighted by Gasteiger charge is -2.24. The number of nitro benzene ring substituents is 1. The van der Waals surface area contributed by atoms with Gasteiger partial charge in [0.05, 0.1) is 43.6 Å². The lowest BCUT2D eigenvalue weighted by Crippen LogP contribution is -2.29. The van der Waals surface area contributed by atoms with Gasteiger partial charge in [-0.15, -0.1) is 0 Å². The summed E-state index contributed by atoms with van der Waals surface area (Å²) in [5, 5.41) is 22.5. The quantitative estimate of drug-likeness (QED) is 0.183. The van der Waals surface area contributed by atoms with Crippen LogP contribution >= 0.6 is 0 Å². The smallest absolute Gasteiger partial charge is 0.296 e.